The zero-order chi connectivity index (χ0) is 28.1. The van der Waals surface area contributed by atoms with Crippen molar-refractivity contribution in [1.29, 1.82) is 0 Å². The molecular weight excluding hydrogens is 524 g/mol. The molecule has 0 amide bonds. The van der Waals surface area contributed by atoms with E-state index in [4.69, 9.17) is 20.6 Å². The van der Waals surface area contributed by atoms with Crippen molar-refractivity contribution in [2.24, 2.45) is 0 Å². The van der Waals surface area contributed by atoms with Gasteiger partial charge in [0.25, 0.3) is 5.56 Å². The molecule has 5 aromatic heterocycles. The molecule has 11 heteroatoms. The van der Waals surface area contributed by atoms with Gasteiger partial charge in [0.2, 0.25) is 5.88 Å². The van der Waals surface area contributed by atoms with Crippen LogP contribution in [-0.4, -0.2) is 40.2 Å². The van der Waals surface area contributed by atoms with Crippen molar-refractivity contribution in [3.8, 4) is 28.3 Å². The summed E-state index contributed by atoms with van der Waals surface area (Å²) in [6.45, 7) is 9.77. The molecule has 40 heavy (non-hydrogen) atoms. The minimum absolute atomic E-state index is 0.00641. The van der Waals surface area contributed by atoms with Crippen LogP contribution >= 0.6 is 11.3 Å². The number of nitrogens with zero attached hydrogens (tertiary/aromatic N) is 7. The van der Waals surface area contributed by atoms with Crippen LogP contribution in [0.3, 0.4) is 0 Å². The first-order chi connectivity index (χ1) is 19.2. The average Bonchev–Trinajstić information content (AvgIpc) is 3.50. The van der Waals surface area contributed by atoms with Gasteiger partial charge in [-0.25, -0.2) is 24.6 Å². The van der Waals surface area contributed by atoms with Gasteiger partial charge in [0, 0.05) is 28.9 Å². The van der Waals surface area contributed by atoms with E-state index >= 15 is 0 Å². The average molecular weight is 553 g/mol. The maximum atomic E-state index is 14.0. The predicted octanol–water partition coefficient (Wildman–Crippen LogP) is 5.22. The zero-order valence-corrected chi connectivity index (χ0v) is 23.6. The lowest BCUT2D eigenvalue weighted by atomic mass is 10.00. The number of hydrogen-bond acceptors (Lipinski definition) is 9. The quantitative estimate of drug-likeness (QED) is 0.298. The summed E-state index contributed by atoms with van der Waals surface area (Å²) in [6, 6.07) is 11.1. The molecule has 0 aliphatic rings. The van der Waals surface area contributed by atoms with Crippen LogP contribution in [0.5, 0.6) is 5.88 Å². The summed E-state index contributed by atoms with van der Waals surface area (Å²) in [5.41, 5.74) is 11.9. The standard InChI is InChI=1S/C29H28N8O2S/c1-15(2)39-21-10-9-20(12-31-21)25-23-26(30)32-14-33-27(23)37(35-25)18(5)24-22(19-8-6-7-16(3)11-19)28(38)36-17(4)13-40-29(36)34-24/h6-15,18H,1-5H3,(H2,30,32,33)/t18-/m0/s1. The molecule has 202 valence electrons. The highest BCUT2D eigenvalue weighted by atomic mass is 32.1. The van der Waals surface area contributed by atoms with Crippen molar-refractivity contribution in [2.75, 3.05) is 5.73 Å². The van der Waals surface area contributed by atoms with E-state index < -0.39 is 6.04 Å². The smallest absolute Gasteiger partial charge is 0.266 e. The highest BCUT2D eigenvalue weighted by molar-refractivity contribution is 7.15. The molecule has 0 radical (unpaired) electrons. The number of benzene rings is 1. The van der Waals surface area contributed by atoms with E-state index in [1.54, 1.807) is 21.3 Å². The second kappa shape index (κ2) is 9.83. The van der Waals surface area contributed by atoms with Gasteiger partial charge in [-0.3, -0.25) is 9.20 Å². The highest BCUT2D eigenvalue weighted by Crippen LogP contribution is 2.35. The van der Waals surface area contributed by atoms with Gasteiger partial charge in [0.1, 0.15) is 17.8 Å². The van der Waals surface area contributed by atoms with Crippen molar-refractivity contribution in [3.63, 3.8) is 0 Å². The number of fused-ring (bicyclic) bond motifs is 2. The molecular formula is C29H28N8O2S. The molecule has 1 aromatic carbocycles. The number of nitrogen functional groups attached to an aromatic ring is 1. The Hall–Kier alpha value is -4.64. The van der Waals surface area contributed by atoms with E-state index in [1.165, 1.54) is 17.7 Å². The minimum atomic E-state index is -0.460. The summed E-state index contributed by atoms with van der Waals surface area (Å²) in [5, 5.41) is 7.51. The molecule has 0 bridgehead atoms. The lowest BCUT2D eigenvalue weighted by Crippen LogP contribution is -2.23. The Labute approximate surface area is 234 Å². The fourth-order valence-electron chi connectivity index (χ4n) is 4.89. The van der Waals surface area contributed by atoms with Crippen molar-refractivity contribution in [1.82, 2.24) is 34.1 Å². The molecule has 0 unspecified atom stereocenters. The first-order valence-electron chi connectivity index (χ1n) is 12.9. The number of pyridine rings is 1. The molecule has 0 saturated heterocycles. The maximum absolute atomic E-state index is 14.0. The molecule has 0 aliphatic carbocycles. The number of hydrogen-bond donors (Lipinski definition) is 1. The van der Waals surface area contributed by atoms with Crippen LogP contribution in [0, 0.1) is 13.8 Å². The Morgan fingerprint density at radius 1 is 1.02 bits per heavy atom. The zero-order valence-electron chi connectivity index (χ0n) is 22.8. The molecule has 5 heterocycles. The van der Waals surface area contributed by atoms with Crippen molar-refractivity contribution in [2.45, 2.75) is 46.8 Å². The number of rotatable bonds is 6. The predicted molar refractivity (Wildman–Crippen MR) is 157 cm³/mol. The van der Waals surface area contributed by atoms with Crippen LogP contribution in [0.2, 0.25) is 0 Å². The van der Waals surface area contributed by atoms with Crippen molar-refractivity contribution >= 4 is 33.1 Å². The Kier molecular flexibility index (Phi) is 6.30. The normalized spacial score (nSPS) is 12.4. The number of ether oxygens (including phenoxy) is 1. The van der Waals surface area contributed by atoms with E-state index in [0.717, 1.165) is 22.4 Å². The third-order valence-electron chi connectivity index (χ3n) is 6.72. The lowest BCUT2D eigenvalue weighted by Gasteiger charge is -2.17. The van der Waals surface area contributed by atoms with Crippen LogP contribution in [-0.2, 0) is 0 Å². The fourth-order valence-corrected chi connectivity index (χ4v) is 5.75. The van der Waals surface area contributed by atoms with Gasteiger partial charge in [0.05, 0.1) is 28.8 Å². The number of thiazole rings is 1. The molecule has 0 saturated carbocycles. The molecule has 2 N–H and O–H groups in total. The Morgan fingerprint density at radius 3 is 2.58 bits per heavy atom. The van der Waals surface area contributed by atoms with Gasteiger partial charge in [-0.05, 0) is 46.2 Å². The van der Waals surface area contributed by atoms with E-state index in [2.05, 4.69) is 15.0 Å². The van der Waals surface area contributed by atoms with Crippen LogP contribution < -0.4 is 16.0 Å². The summed E-state index contributed by atoms with van der Waals surface area (Å²) in [4.78, 5) is 32.8. The van der Waals surface area contributed by atoms with E-state index in [-0.39, 0.29) is 11.7 Å². The van der Waals surface area contributed by atoms with Gasteiger partial charge in [-0.1, -0.05) is 29.8 Å². The Balaban J connectivity index is 1.57. The van der Waals surface area contributed by atoms with Gasteiger partial charge in [0.15, 0.2) is 10.6 Å². The Morgan fingerprint density at radius 2 is 1.85 bits per heavy atom. The molecule has 0 aliphatic heterocycles. The van der Waals surface area contributed by atoms with Crippen molar-refractivity contribution in [3.05, 3.63) is 81.6 Å². The second-order valence-electron chi connectivity index (χ2n) is 10.0. The summed E-state index contributed by atoms with van der Waals surface area (Å²) < 4.78 is 9.13. The van der Waals surface area contributed by atoms with Gasteiger partial charge >= 0.3 is 0 Å². The molecule has 10 nitrogen and oxygen atoms in total. The summed E-state index contributed by atoms with van der Waals surface area (Å²) >= 11 is 1.43. The first-order valence-corrected chi connectivity index (χ1v) is 13.8. The van der Waals surface area contributed by atoms with E-state index in [0.29, 0.717) is 44.6 Å². The van der Waals surface area contributed by atoms with Crippen molar-refractivity contribution < 1.29 is 4.74 Å². The lowest BCUT2D eigenvalue weighted by molar-refractivity contribution is 0.232. The summed E-state index contributed by atoms with van der Waals surface area (Å²) in [5.74, 6) is 0.823. The van der Waals surface area contributed by atoms with Gasteiger partial charge in [-0.15, -0.1) is 11.3 Å². The minimum Gasteiger partial charge on any atom is -0.475 e. The third kappa shape index (κ3) is 4.28. The topological polar surface area (TPSA) is 126 Å². The van der Waals surface area contributed by atoms with Gasteiger partial charge in [-0.2, -0.15) is 5.10 Å². The van der Waals surface area contributed by atoms with E-state index in [1.807, 2.05) is 70.3 Å². The largest absolute Gasteiger partial charge is 0.475 e. The number of aryl methyl sites for hydroxylation is 2. The molecule has 0 fully saturated rings. The number of aromatic nitrogens is 7. The SMILES string of the molecule is Cc1cccc(-c2c([C@H](C)n3nc(-c4ccc(OC(C)C)nc4)c4c(N)ncnc43)nc3scc(C)n3c2=O)c1. The molecule has 6 rings (SSSR count). The number of anilines is 1. The van der Waals surface area contributed by atoms with Crippen LogP contribution in [0.15, 0.2) is 59.1 Å². The number of nitrogens with two attached hydrogens (primary N) is 1. The maximum Gasteiger partial charge on any atom is 0.266 e. The highest BCUT2D eigenvalue weighted by Gasteiger charge is 2.27. The third-order valence-corrected chi connectivity index (χ3v) is 7.67. The van der Waals surface area contributed by atoms with Crippen LogP contribution in [0.25, 0.3) is 38.4 Å². The molecule has 6 aromatic rings. The van der Waals surface area contributed by atoms with Gasteiger partial charge < -0.3 is 10.5 Å². The summed E-state index contributed by atoms with van der Waals surface area (Å²) in [6.07, 6.45) is 3.12. The molecule has 0 spiro atoms. The summed E-state index contributed by atoms with van der Waals surface area (Å²) in [7, 11) is 0. The first kappa shape index (κ1) is 25.6. The van der Waals surface area contributed by atoms with Crippen LogP contribution in [0.4, 0.5) is 5.82 Å². The van der Waals surface area contributed by atoms with Crippen LogP contribution in [0.1, 0.15) is 43.8 Å². The second-order valence-corrected chi connectivity index (χ2v) is 10.9. The van der Waals surface area contributed by atoms with E-state index in [9.17, 15) is 4.79 Å². The fraction of sp³-hybridized carbons (Fsp3) is 0.241. The monoisotopic (exact) mass is 552 g/mol. The molecule has 1 atom stereocenters. The Bertz CT molecular complexity index is 1940.